The maximum atomic E-state index is 13.2. The van der Waals surface area contributed by atoms with Crippen molar-refractivity contribution in [3.05, 3.63) is 88.1 Å². The molecule has 154 valence electrons. The largest absolute Gasteiger partial charge is 0.325 e. The van der Waals surface area contributed by atoms with Gasteiger partial charge >= 0.3 is 0 Å². The van der Waals surface area contributed by atoms with Gasteiger partial charge in [-0.05, 0) is 47.7 Å². The Morgan fingerprint density at radius 3 is 2.45 bits per heavy atom. The summed E-state index contributed by atoms with van der Waals surface area (Å²) >= 11 is 1.31. The first-order chi connectivity index (χ1) is 15.1. The summed E-state index contributed by atoms with van der Waals surface area (Å²) in [6.07, 6.45) is 0.511. The average Bonchev–Trinajstić information content (AvgIpc) is 3.43. The van der Waals surface area contributed by atoms with Crippen LogP contribution in [0.15, 0.2) is 72.1 Å². The van der Waals surface area contributed by atoms with Crippen LogP contribution in [0.25, 0.3) is 0 Å². The van der Waals surface area contributed by atoms with Crippen LogP contribution < -0.4 is 4.90 Å². The van der Waals surface area contributed by atoms with E-state index in [0.717, 1.165) is 10.5 Å². The molecule has 3 aromatic rings. The Bertz CT molecular complexity index is 1140. The predicted octanol–water partition coefficient (Wildman–Crippen LogP) is 3.64. The van der Waals surface area contributed by atoms with Crippen LogP contribution in [0.3, 0.4) is 0 Å². The molecule has 3 amide bonds. The van der Waals surface area contributed by atoms with Crippen LogP contribution in [0.2, 0.25) is 0 Å². The third kappa shape index (κ3) is 4.25. The van der Waals surface area contributed by atoms with Gasteiger partial charge in [-0.3, -0.25) is 14.4 Å². The molecule has 0 spiro atoms. The topological polar surface area (TPSA) is 81.5 Å². The Kier molecular flexibility index (Phi) is 5.92. The smallest absolute Gasteiger partial charge is 0.264 e. The van der Waals surface area contributed by atoms with Crippen molar-refractivity contribution in [1.82, 2.24) is 4.90 Å². The Hall–Kier alpha value is -3.76. The number of benzene rings is 2. The SMILES string of the molecule is N#Cc1ccc(N2C(=O)CC(N(CCc3ccccc3)C(=O)c3cccs3)C2=O)cc1. The number of hydrogen-bond acceptors (Lipinski definition) is 5. The summed E-state index contributed by atoms with van der Waals surface area (Å²) in [5, 5.41) is 10.8. The molecule has 0 aliphatic carbocycles. The molecule has 0 bridgehead atoms. The van der Waals surface area contributed by atoms with Gasteiger partial charge in [0.15, 0.2) is 0 Å². The van der Waals surface area contributed by atoms with Crippen molar-refractivity contribution in [1.29, 1.82) is 5.26 Å². The Labute approximate surface area is 183 Å². The van der Waals surface area contributed by atoms with E-state index in [1.54, 1.807) is 36.4 Å². The zero-order valence-corrected chi connectivity index (χ0v) is 17.4. The molecule has 1 fully saturated rings. The summed E-state index contributed by atoms with van der Waals surface area (Å²) in [4.78, 5) is 42.4. The lowest BCUT2D eigenvalue weighted by molar-refractivity contribution is -0.122. The summed E-state index contributed by atoms with van der Waals surface area (Å²) in [7, 11) is 0. The molecule has 0 N–H and O–H groups in total. The minimum absolute atomic E-state index is 0.0647. The zero-order valence-electron chi connectivity index (χ0n) is 16.6. The van der Waals surface area contributed by atoms with Gasteiger partial charge in [0, 0.05) is 6.54 Å². The number of amides is 3. The number of carbonyl (C=O) groups is 3. The van der Waals surface area contributed by atoms with Crippen LogP contribution in [0.5, 0.6) is 0 Å². The lowest BCUT2D eigenvalue weighted by Gasteiger charge is -2.27. The monoisotopic (exact) mass is 429 g/mol. The number of anilines is 1. The van der Waals surface area contributed by atoms with Gasteiger partial charge in [0.05, 0.1) is 28.6 Å². The molecule has 2 heterocycles. The van der Waals surface area contributed by atoms with Crippen molar-refractivity contribution < 1.29 is 14.4 Å². The normalized spacial score (nSPS) is 15.7. The van der Waals surface area contributed by atoms with E-state index in [9.17, 15) is 14.4 Å². The second-order valence-electron chi connectivity index (χ2n) is 7.16. The number of thiophene rings is 1. The summed E-state index contributed by atoms with van der Waals surface area (Å²) in [6, 6.07) is 20.7. The van der Waals surface area contributed by atoms with Crippen molar-refractivity contribution in [2.24, 2.45) is 0 Å². The van der Waals surface area contributed by atoms with Crippen molar-refractivity contribution in [2.45, 2.75) is 18.9 Å². The van der Waals surface area contributed by atoms with Gasteiger partial charge in [-0.15, -0.1) is 11.3 Å². The van der Waals surface area contributed by atoms with Crippen LogP contribution in [0.1, 0.15) is 27.2 Å². The highest BCUT2D eigenvalue weighted by Crippen LogP contribution is 2.28. The van der Waals surface area contributed by atoms with Crippen LogP contribution in [0, 0.1) is 11.3 Å². The van der Waals surface area contributed by atoms with E-state index >= 15 is 0 Å². The molecule has 6 nitrogen and oxygen atoms in total. The fourth-order valence-corrected chi connectivity index (χ4v) is 4.33. The van der Waals surface area contributed by atoms with Crippen LogP contribution in [-0.4, -0.2) is 35.2 Å². The molecular weight excluding hydrogens is 410 g/mol. The van der Waals surface area contributed by atoms with E-state index < -0.39 is 11.9 Å². The van der Waals surface area contributed by atoms with Crippen LogP contribution in [-0.2, 0) is 16.0 Å². The number of carbonyl (C=O) groups excluding carboxylic acids is 3. The fraction of sp³-hybridized carbons (Fsp3) is 0.167. The van der Waals surface area contributed by atoms with Crippen molar-refractivity contribution in [2.75, 3.05) is 11.4 Å². The molecule has 7 heteroatoms. The number of imide groups is 1. The van der Waals surface area contributed by atoms with E-state index in [2.05, 4.69) is 0 Å². The Morgan fingerprint density at radius 1 is 1.06 bits per heavy atom. The lowest BCUT2D eigenvalue weighted by Crippen LogP contribution is -2.46. The summed E-state index contributed by atoms with van der Waals surface area (Å²) in [6.45, 7) is 0.325. The molecule has 1 aliphatic rings. The first-order valence-corrected chi connectivity index (χ1v) is 10.7. The number of nitrogens with zero attached hydrogens (tertiary/aromatic N) is 3. The Balaban J connectivity index is 1.60. The van der Waals surface area contributed by atoms with E-state index in [0.29, 0.717) is 29.1 Å². The van der Waals surface area contributed by atoms with E-state index in [1.807, 2.05) is 41.8 Å². The summed E-state index contributed by atoms with van der Waals surface area (Å²) < 4.78 is 0. The molecule has 0 saturated carbocycles. The minimum atomic E-state index is -0.860. The van der Waals surface area contributed by atoms with Crippen molar-refractivity contribution >= 4 is 34.7 Å². The first-order valence-electron chi connectivity index (χ1n) is 9.84. The van der Waals surface area contributed by atoms with Crippen LogP contribution >= 0.6 is 11.3 Å². The number of hydrogen-bond donors (Lipinski definition) is 0. The van der Waals surface area contributed by atoms with Crippen molar-refractivity contribution in [3.63, 3.8) is 0 Å². The van der Waals surface area contributed by atoms with Gasteiger partial charge in [-0.1, -0.05) is 36.4 Å². The molecule has 0 radical (unpaired) electrons. The molecule has 1 saturated heterocycles. The highest BCUT2D eigenvalue weighted by Gasteiger charge is 2.44. The molecule has 1 aliphatic heterocycles. The molecule has 1 aromatic heterocycles. The molecule has 1 atom stereocenters. The quantitative estimate of drug-likeness (QED) is 0.560. The molecule has 2 aromatic carbocycles. The molecule has 1 unspecified atom stereocenters. The van der Waals surface area contributed by atoms with Crippen LogP contribution in [0.4, 0.5) is 5.69 Å². The van der Waals surface area contributed by atoms with E-state index in [4.69, 9.17) is 5.26 Å². The minimum Gasteiger partial charge on any atom is -0.325 e. The average molecular weight is 430 g/mol. The third-order valence-corrected chi connectivity index (χ3v) is 6.09. The summed E-state index contributed by atoms with van der Waals surface area (Å²) in [5.41, 5.74) is 1.90. The van der Waals surface area contributed by atoms with Gasteiger partial charge in [0.1, 0.15) is 6.04 Å². The number of nitriles is 1. The highest BCUT2D eigenvalue weighted by atomic mass is 32.1. The second-order valence-corrected chi connectivity index (χ2v) is 8.11. The van der Waals surface area contributed by atoms with Gasteiger partial charge in [-0.2, -0.15) is 5.26 Å². The van der Waals surface area contributed by atoms with E-state index in [1.165, 1.54) is 16.2 Å². The standard InChI is InChI=1S/C24H19N3O3S/c25-16-18-8-10-19(11-9-18)27-22(28)15-20(23(27)29)26(24(30)21-7-4-14-31-21)13-12-17-5-2-1-3-6-17/h1-11,14,20H,12-13,15H2. The maximum Gasteiger partial charge on any atom is 0.264 e. The Morgan fingerprint density at radius 2 is 1.81 bits per heavy atom. The second kappa shape index (κ2) is 8.94. The highest BCUT2D eigenvalue weighted by molar-refractivity contribution is 7.12. The molecule has 31 heavy (non-hydrogen) atoms. The summed E-state index contributed by atoms with van der Waals surface area (Å²) in [5.74, 6) is -1.03. The predicted molar refractivity (Wildman–Crippen MR) is 118 cm³/mol. The van der Waals surface area contributed by atoms with Gasteiger partial charge in [0.25, 0.3) is 11.8 Å². The third-order valence-electron chi connectivity index (χ3n) is 5.23. The maximum absolute atomic E-state index is 13.2. The number of rotatable bonds is 6. The van der Waals surface area contributed by atoms with E-state index in [-0.39, 0.29) is 18.2 Å². The molecule has 4 rings (SSSR count). The van der Waals surface area contributed by atoms with Gasteiger partial charge in [0.2, 0.25) is 5.91 Å². The van der Waals surface area contributed by atoms with Gasteiger partial charge in [-0.25, -0.2) is 4.90 Å². The zero-order chi connectivity index (χ0) is 21.8. The fourth-order valence-electron chi connectivity index (χ4n) is 3.65. The lowest BCUT2D eigenvalue weighted by atomic mass is 10.1. The van der Waals surface area contributed by atoms with Gasteiger partial charge < -0.3 is 4.90 Å². The molecular formula is C24H19N3O3S. The first kappa shape index (κ1) is 20.5. The van der Waals surface area contributed by atoms with Crippen molar-refractivity contribution in [3.8, 4) is 6.07 Å².